The first-order valence-corrected chi connectivity index (χ1v) is 8.30. The van der Waals surface area contributed by atoms with Gasteiger partial charge in [-0.25, -0.2) is 4.79 Å². The summed E-state index contributed by atoms with van der Waals surface area (Å²) in [6.07, 6.45) is 2.73. The second-order valence-electron chi connectivity index (χ2n) is 5.74. The number of nitrogens with one attached hydrogen (secondary N) is 1. The lowest BCUT2D eigenvalue weighted by Gasteiger charge is -2.06. The number of amides is 2. The largest absolute Gasteiger partial charge is 0.497 e. The summed E-state index contributed by atoms with van der Waals surface area (Å²) >= 11 is 0. The molecular weight excluding hydrogens is 362 g/mol. The fraction of sp³-hybridized carbons (Fsp3) is 0.0952. The molecule has 2 amide bonds. The van der Waals surface area contributed by atoms with Crippen molar-refractivity contribution in [3.63, 3.8) is 0 Å². The van der Waals surface area contributed by atoms with Crippen LogP contribution in [0.25, 0.3) is 17.0 Å². The van der Waals surface area contributed by atoms with Gasteiger partial charge in [-0.05, 0) is 42.0 Å². The molecule has 28 heavy (non-hydrogen) atoms. The molecule has 7 heteroatoms. The van der Waals surface area contributed by atoms with E-state index in [0.717, 1.165) is 5.56 Å². The highest BCUT2D eigenvalue weighted by molar-refractivity contribution is 6.09. The highest BCUT2D eigenvalue weighted by Crippen LogP contribution is 2.24. The van der Waals surface area contributed by atoms with E-state index in [-0.39, 0.29) is 11.1 Å². The van der Waals surface area contributed by atoms with Crippen LogP contribution in [0.5, 0.6) is 11.5 Å². The lowest BCUT2D eigenvalue weighted by molar-refractivity contribution is -0.115. The van der Waals surface area contributed by atoms with E-state index >= 15 is 0 Å². The maximum Gasteiger partial charge on any atom is 0.349 e. The van der Waals surface area contributed by atoms with Crippen LogP contribution in [0.1, 0.15) is 15.9 Å². The fourth-order valence-electron chi connectivity index (χ4n) is 2.56. The molecule has 1 aromatic heterocycles. The van der Waals surface area contributed by atoms with E-state index in [2.05, 4.69) is 5.32 Å². The van der Waals surface area contributed by atoms with Crippen LogP contribution >= 0.6 is 0 Å². The van der Waals surface area contributed by atoms with E-state index in [1.165, 1.54) is 25.3 Å². The van der Waals surface area contributed by atoms with Crippen molar-refractivity contribution < 1.29 is 23.5 Å². The molecule has 0 fully saturated rings. The molecule has 0 aliphatic heterocycles. The third-order valence-electron chi connectivity index (χ3n) is 3.98. The van der Waals surface area contributed by atoms with Crippen molar-refractivity contribution in [1.82, 2.24) is 5.32 Å². The number of carbonyl (C=O) groups is 2. The zero-order chi connectivity index (χ0) is 20.1. The Morgan fingerprint density at radius 1 is 1.04 bits per heavy atom. The van der Waals surface area contributed by atoms with Gasteiger partial charge >= 0.3 is 5.63 Å². The number of benzene rings is 2. The number of hydrogen-bond donors (Lipinski definition) is 1. The van der Waals surface area contributed by atoms with Gasteiger partial charge in [0.25, 0.3) is 11.8 Å². The number of hydrogen-bond acceptors (Lipinski definition) is 6. The Bertz CT molecular complexity index is 1110. The quantitative estimate of drug-likeness (QED) is 0.541. The Hall–Kier alpha value is -3.87. The van der Waals surface area contributed by atoms with E-state index in [1.807, 2.05) is 0 Å². The molecule has 3 aromatic rings. The maximum atomic E-state index is 12.3. The summed E-state index contributed by atoms with van der Waals surface area (Å²) < 4.78 is 15.4. The van der Waals surface area contributed by atoms with E-state index in [9.17, 15) is 14.4 Å². The fourth-order valence-corrected chi connectivity index (χ4v) is 2.56. The van der Waals surface area contributed by atoms with E-state index in [0.29, 0.717) is 16.9 Å². The molecule has 1 N–H and O–H groups in total. The van der Waals surface area contributed by atoms with Crippen LogP contribution in [-0.2, 0) is 4.79 Å². The maximum absolute atomic E-state index is 12.3. The predicted molar refractivity (Wildman–Crippen MR) is 104 cm³/mol. The molecule has 7 nitrogen and oxygen atoms in total. The van der Waals surface area contributed by atoms with Gasteiger partial charge in [0.15, 0.2) is 0 Å². The van der Waals surface area contributed by atoms with Gasteiger partial charge in [-0.3, -0.25) is 14.9 Å². The third-order valence-corrected chi connectivity index (χ3v) is 3.98. The van der Waals surface area contributed by atoms with Gasteiger partial charge in [0.2, 0.25) is 0 Å². The Labute approximate surface area is 160 Å². The Balaban J connectivity index is 1.78. The average Bonchev–Trinajstić information content (AvgIpc) is 2.71. The minimum absolute atomic E-state index is 0.284. The van der Waals surface area contributed by atoms with Gasteiger partial charge in [0, 0.05) is 6.08 Å². The van der Waals surface area contributed by atoms with Crippen molar-refractivity contribution in [2.24, 2.45) is 0 Å². The summed E-state index contributed by atoms with van der Waals surface area (Å²) in [5.41, 5.74) is -0.0987. The van der Waals surface area contributed by atoms with Crippen molar-refractivity contribution in [3.8, 4) is 11.5 Å². The van der Waals surface area contributed by atoms with Crippen LogP contribution < -0.4 is 20.4 Å². The van der Waals surface area contributed by atoms with Crippen LogP contribution in [-0.4, -0.2) is 26.0 Å². The number of ether oxygens (including phenoxy) is 2. The molecule has 0 spiro atoms. The van der Waals surface area contributed by atoms with E-state index in [1.54, 1.807) is 49.6 Å². The summed E-state index contributed by atoms with van der Waals surface area (Å²) in [7, 11) is 3.02. The van der Waals surface area contributed by atoms with Gasteiger partial charge in [-0.15, -0.1) is 0 Å². The van der Waals surface area contributed by atoms with Crippen molar-refractivity contribution in [3.05, 3.63) is 76.2 Å². The van der Waals surface area contributed by atoms with Crippen LogP contribution in [0.3, 0.4) is 0 Å². The van der Waals surface area contributed by atoms with Crippen molar-refractivity contribution in [1.29, 1.82) is 0 Å². The summed E-state index contributed by atoms with van der Waals surface area (Å²) in [5, 5.41) is 2.60. The van der Waals surface area contributed by atoms with Crippen LogP contribution in [0.15, 0.2) is 63.8 Å². The predicted octanol–water partition coefficient (Wildman–Crippen LogP) is 2.78. The second kappa shape index (κ2) is 8.22. The lowest BCUT2D eigenvalue weighted by atomic mass is 10.1. The van der Waals surface area contributed by atoms with Gasteiger partial charge in [0.05, 0.1) is 19.6 Å². The normalized spacial score (nSPS) is 10.8. The van der Waals surface area contributed by atoms with Crippen LogP contribution in [0.2, 0.25) is 0 Å². The van der Waals surface area contributed by atoms with E-state index in [4.69, 9.17) is 13.9 Å². The van der Waals surface area contributed by atoms with Crippen molar-refractivity contribution in [2.45, 2.75) is 0 Å². The molecule has 2 aromatic carbocycles. The minimum Gasteiger partial charge on any atom is -0.497 e. The van der Waals surface area contributed by atoms with Crippen LogP contribution in [0, 0.1) is 0 Å². The number of imide groups is 1. The molecule has 0 unspecified atom stereocenters. The molecule has 0 aliphatic rings. The second-order valence-corrected chi connectivity index (χ2v) is 5.74. The molecule has 0 saturated heterocycles. The van der Waals surface area contributed by atoms with Gasteiger partial charge in [-0.1, -0.05) is 18.2 Å². The summed E-state index contributed by atoms with van der Waals surface area (Å²) in [5.74, 6) is -0.387. The summed E-state index contributed by atoms with van der Waals surface area (Å²) in [6, 6.07) is 13.3. The molecule has 0 atom stereocenters. The van der Waals surface area contributed by atoms with Crippen molar-refractivity contribution >= 4 is 28.9 Å². The Morgan fingerprint density at radius 2 is 1.79 bits per heavy atom. The first kappa shape index (κ1) is 18.9. The highest BCUT2D eigenvalue weighted by atomic mass is 16.5. The monoisotopic (exact) mass is 379 g/mol. The van der Waals surface area contributed by atoms with Crippen molar-refractivity contribution in [2.75, 3.05) is 14.2 Å². The smallest absolute Gasteiger partial charge is 0.349 e. The topological polar surface area (TPSA) is 94.8 Å². The zero-order valence-electron chi connectivity index (χ0n) is 15.2. The SMILES string of the molecule is COc1ccc(C=CC(=O)NC(=O)c2cc3c(OC)cccc3oc2=O)cc1. The molecule has 3 rings (SSSR count). The van der Waals surface area contributed by atoms with Gasteiger partial charge in [0.1, 0.15) is 22.6 Å². The number of fused-ring (bicyclic) bond motifs is 1. The molecule has 0 radical (unpaired) electrons. The number of carbonyl (C=O) groups excluding carboxylic acids is 2. The highest BCUT2D eigenvalue weighted by Gasteiger charge is 2.17. The first-order valence-electron chi connectivity index (χ1n) is 8.30. The van der Waals surface area contributed by atoms with Gasteiger partial charge in [-0.2, -0.15) is 0 Å². The minimum atomic E-state index is -0.856. The number of rotatable bonds is 5. The molecule has 0 bridgehead atoms. The Morgan fingerprint density at radius 3 is 2.46 bits per heavy atom. The molecule has 142 valence electrons. The standard InChI is InChI=1S/C21H17NO6/c1-26-14-9-6-13(7-10-14)8-11-19(23)22-20(24)16-12-15-17(27-2)4-3-5-18(15)28-21(16)25/h3-12H,1-2H3,(H,22,23,24). The summed E-state index contributed by atoms with van der Waals surface area (Å²) in [4.78, 5) is 36.4. The lowest BCUT2D eigenvalue weighted by Crippen LogP contribution is -2.32. The zero-order valence-corrected chi connectivity index (χ0v) is 15.2. The molecular formula is C21H17NO6. The van der Waals surface area contributed by atoms with Crippen LogP contribution in [0.4, 0.5) is 0 Å². The van der Waals surface area contributed by atoms with E-state index < -0.39 is 17.4 Å². The molecule has 0 saturated carbocycles. The summed E-state index contributed by atoms with van der Waals surface area (Å²) in [6.45, 7) is 0. The third kappa shape index (κ3) is 4.09. The average molecular weight is 379 g/mol. The first-order chi connectivity index (χ1) is 13.5. The molecule has 0 aliphatic carbocycles. The number of methoxy groups -OCH3 is 2. The molecule has 1 heterocycles. The Kier molecular flexibility index (Phi) is 5.55. The van der Waals surface area contributed by atoms with Gasteiger partial charge < -0.3 is 13.9 Å².